The normalized spacial score (nSPS) is 23.4. The molecule has 65 heavy (non-hydrogen) atoms. The van der Waals surface area contributed by atoms with Gasteiger partial charge >= 0.3 is 0 Å². The maximum Gasteiger partial charge on any atom is 0.245 e. The number of H-pyrrole nitrogens is 1. The number of hydrogen-bond donors (Lipinski definition) is 9. The first-order chi connectivity index (χ1) is 31.4. The number of rotatable bonds is 13. The molecule has 2 saturated heterocycles. The van der Waals surface area contributed by atoms with E-state index in [2.05, 4.69) is 41.9 Å². The Morgan fingerprint density at radius 2 is 1.51 bits per heavy atom. The highest BCUT2D eigenvalue weighted by Crippen LogP contribution is 2.28. The number of carbonyl (C=O) groups is 7. The van der Waals surface area contributed by atoms with Crippen LogP contribution in [0.3, 0.4) is 0 Å². The summed E-state index contributed by atoms with van der Waals surface area (Å²) in [6.45, 7) is 1.82. The van der Waals surface area contributed by atoms with Gasteiger partial charge in [0.1, 0.15) is 36.3 Å². The van der Waals surface area contributed by atoms with Gasteiger partial charge in [-0.2, -0.15) is 0 Å². The van der Waals surface area contributed by atoms with Gasteiger partial charge in [-0.05, 0) is 68.1 Å². The summed E-state index contributed by atoms with van der Waals surface area (Å²) >= 11 is 0. The molecular formula is C47H65N11O7. The zero-order chi connectivity index (χ0) is 46.3. The molecule has 1 unspecified atom stereocenters. The van der Waals surface area contributed by atoms with Crippen molar-refractivity contribution in [3.05, 3.63) is 71.9 Å². The fourth-order valence-electron chi connectivity index (χ4n) is 9.28. The standard InChI is InChI=1S/C47H65N11O7/c1-29(59)53-37(25-30-13-4-2-5-14-30)42(61)55-36-20-11-22-50-41(60)35(19-10-23-51-47(48)49)54-44(63)39(27-32-28-52-34-18-9-8-17-33(32)34)56-43(62)38(26-31-15-6-3-7-16-31)57-45(64)40-21-12-24-58(40)46(36)65/h2,4-5,8-9,13-14,17-18,28,31,35-40,52H,3,6-7,10-12,15-16,19-27H2,1H3,(H,50,60)(H,53,59)(H,54,63)(H,55,61)(H,56,62)(H,57,64)(H4,48,49,51)/t35?,36-,37-,38+,39-,40-/m0/s1. The monoisotopic (exact) mass is 896 g/mol. The van der Waals surface area contributed by atoms with Crippen LogP contribution in [-0.2, 0) is 46.4 Å². The number of nitrogens with one attached hydrogen (secondary N) is 7. The fourth-order valence-corrected chi connectivity index (χ4v) is 9.28. The van der Waals surface area contributed by atoms with Gasteiger partial charge in [0, 0.05) is 56.5 Å². The van der Waals surface area contributed by atoms with Gasteiger partial charge in [-0.1, -0.05) is 80.6 Å². The average molecular weight is 896 g/mol. The van der Waals surface area contributed by atoms with Crippen molar-refractivity contribution < 1.29 is 33.6 Å². The first-order valence-electron chi connectivity index (χ1n) is 23.1. The minimum atomic E-state index is -1.14. The second-order valence-electron chi connectivity index (χ2n) is 17.6. The lowest BCUT2D eigenvalue weighted by atomic mass is 9.84. The molecular weight excluding hydrogens is 831 g/mol. The van der Waals surface area contributed by atoms with Gasteiger partial charge in [-0.3, -0.25) is 38.6 Å². The Hall–Kier alpha value is -6.46. The Morgan fingerprint density at radius 3 is 2.26 bits per heavy atom. The topological polar surface area (TPSA) is 275 Å². The van der Waals surface area contributed by atoms with E-state index in [4.69, 9.17) is 11.5 Å². The molecule has 18 nitrogen and oxygen atoms in total. The van der Waals surface area contributed by atoms with E-state index >= 15 is 0 Å². The number of aromatic amines is 1. The van der Waals surface area contributed by atoms with Crippen molar-refractivity contribution in [2.24, 2.45) is 22.4 Å². The molecule has 0 bridgehead atoms. The smallest absolute Gasteiger partial charge is 0.245 e. The molecule has 0 spiro atoms. The van der Waals surface area contributed by atoms with Crippen LogP contribution in [0, 0.1) is 5.92 Å². The number of aromatic nitrogens is 1. The van der Waals surface area contributed by atoms with Gasteiger partial charge in [0.25, 0.3) is 0 Å². The molecule has 0 radical (unpaired) electrons. The lowest BCUT2D eigenvalue weighted by Crippen LogP contribution is -2.60. The van der Waals surface area contributed by atoms with Crippen LogP contribution in [0.5, 0.6) is 0 Å². The minimum absolute atomic E-state index is 0.0696. The van der Waals surface area contributed by atoms with Gasteiger partial charge in [0.05, 0.1) is 0 Å². The minimum Gasteiger partial charge on any atom is -0.370 e. The average Bonchev–Trinajstić information content (AvgIpc) is 3.95. The van der Waals surface area contributed by atoms with E-state index in [-0.39, 0.29) is 63.6 Å². The molecule has 6 atom stereocenters. The molecule has 3 aromatic rings. The quantitative estimate of drug-likeness (QED) is 0.0679. The highest BCUT2D eigenvalue weighted by molar-refractivity contribution is 5.98. The van der Waals surface area contributed by atoms with E-state index in [0.717, 1.165) is 54.1 Å². The van der Waals surface area contributed by atoms with Crippen LogP contribution >= 0.6 is 0 Å². The fraction of sp³-hybridized carbons (Fsp3) is 0.532. The Balaban J connectivity index is 1.31. The number of guanidine groups is 1. The Bertz CT molecular complexity index is 2170. The first-order valence-corrected chi connectivity index (χ1v) is 23.1. The molecule has 2 aromatic carbocycles. The molecule has 3 heterocycles. The summed E-state index contributed by atoms with van der Waals surface area (Å²) in [6.07, 6.45) is 8.88. The molecule has 3 aliphatic rings. The van der Waals surface area contributed by atoms with E-state index in [1.807, 2.05) is 54.6 Å². The molecule has 1 aliphatic carbocycles. The van der Waals surface area contributed by atoms with E-state index in [0.29, 0.717) is 25.7 Å². The predicted octanol–water partition coefficient (Wildman–Crippen LogP) is 1.32. The van der Waals surface area contributed by atoms with Crippen LogP contribution < -0.4 is 43.4 Å². The number of carbonyl (C=O) groups excluding carboxylic acids is 7. The van der Waals surface area contributed by atoms with Crippen molar-refractivity contribution in [2.75, 3.05) is 19.6 Å². The number of aliphatic imine (C=N–C) groups is 1. The summed E-state index contributed by atoms with van der Waals surface area (Å²) in [5, 5.41) is 18.2. The van der Waals surface area contributed by atoms with Crippen molar-refractivity contribution in [1.29, 1.82) is 0 Å². The van der Waals surface area contributed by atoms with Crippen LogP contribution in [0.2, 0.25) is 0 Å². The number of hydrogen-bond acceptors (Lipinski definition) is 8. The third-order valence-corrected chi connectivity index (χ3v) is 12.6. The summed E-state index contributed by atoms with van der Waals surface area (Å²) in [5.74, 6) is -3.59. The number of fused-ring (bicyclic) bond motifs is 2. The van der Waals surface area contributed by atoms with Crippen molar-refractivity contribution in [3.8, 4) is 0 Å². The Kier molecular flexibility index (Phi) is 17.3. The molecule has 11 N–H and O–H groups in total. The summed E-state index contributed by atoms with van der Waals surface area (Å²) in [5.41, 5.74) is 13.5. The second-order valence-corrected chi connectivity index (χ2v) is 17.6. The maximum atomic E-state index is 14.6. The molecule has 3 fully saturated rings. The van der Waals surface area contributed by atoms with Gasteiger partial charge < -0.3 is 53.3 Å². The molecule has 7 amide bonds. The second kappa shape index (κ2) is 23.5. The molecule has 18 heteroatoms. The molecule has 1 saturated carbocycles. The SMILES string of the molecule is CC(=O)N[C@@H](Cc1ccccc1)C(=O)N[C@H]1CCCNC(=O)C(CCCN=C(N)N)NC(=O)[C@H](Cc2c[nH]c3ccccc23)NC(=O)[C@@H](CC2CCCCC2)NC(=O)[C@@H]2CCCN2C1=O. The van der Waals surface area contributed by atoms with E-state index in [9.17, 15) is 33.6 Å². The van der Waals surface area contributed by atoms with Crippen LogP contribution in [0.15, 0.2) is 65.8 Å². The van der Waals surface area contributed by atoms with Crippen LogP contribution in [0.4, 0.5) is 0 Å². The number of amides is 7. The Labute approximate surface area is 379 Å². The zero-order valence-electron chi connectivity index (χ0n) is 37.2. The summed E-state index contributed by atoms with van der Waals surface area (Å²) in [7, 11) is 0. The van der Waals surface area contributed by atoms with Gasteiger partial charge in [0.15, 0.2) is 5.96 Å². The Morgan fingerprint density at radius 1 is 0.800 bits per heavy atom. The van der Waals surface area contributed by atoms with E-state index in [1.54, 1.807) is 6.20 Å². The van der Waals surface area contributed by atoms with E-state index < -0.39 is 77.6 Å². The molecule has 6 rings (SSSR count). The number of para-hydroxylation sites is 1. The van der Waals surface area contributed by atoms with Crippen molar-refractivity contribution in [2.45, 2.75) is 133 Å². The summed E-state index contributed by atoms with van der Waals surface area (Å²) in [4.78, 5) is 107. The lowest BCUT2D eigenvalue weighted by molar-refractivity contribution is -0.142. The summed E-state index contributed by atoms with van der Waals surface area (Å²) in [6, 6.07) is 10.5. The maximum absolute atomic E-state index is 14.6. The third kappa shape index (κ3) is 13.8. The van der Waals surface area contributed by atoms with Crippen LogP contribution in [-0.4, -0.2) is 113 Å². The lowest BCUT2D eigenvalue weighted by Gasteiger charge is -2.32. The largest absolute Gasteiger partial charge is 0.370 e. The van der Waals surface area contributed by atoms with Gasteiger partial charge in [0.2, 0.25) is 41.4 Å². The molecule has 1 aromatic heterocycles. The number of benzene rings is 2. The molecule has 350 valence electrons. The van der Waals surface area contributed by atoms with Gasteiger partial charge in [-0.25, -0.2) is 0 Å². The first kappa shape index (κ1) is 48.0. The number of nitrogens with zero attached hydrogens (tertiary/aromatic N) is 2. The van der Waals surface area contributed by atoms with Crippen molar-refractivity contribution in [3.63, 3.8) is 0 Å². The molecule has 2 aliphatic heterocycles. The highest BCUT2D eigenvalue weighted by Gasteiger charge is 2.40. The van der Waals surface area contributed by atoms with Crippen molar-refractivity contribution in [1.82, 2.24) is 41.8 Å². The van der Waals surface area contributed by atoms with Crippen LogP contribution in [0.1, 0.15) is 95.1 Å². The van der Waals surface area contributed by atoms with Crippen LogP contribution in [0.25, 0.3) is 10.9 Å². The zero-order valence-corrected chi connectivity index (χ0v) is 37.2. The number of nitrogens with two attached hydrogens (primary N) is 2. The van der Waals surface area contributed by atoms with Gasteiger partial charge in [-0.15, -0.1) is 0 Å². The third-order valence-electron chi connectivity index (χ3n) is 12.6. The summed E-state index contributed by atoms with van der Waals surface area (Å²) < 4.78 is 0. The predicted molar refractivity (Wildman–Crippen MR) is 246 cm³/mol. The van der Waals surface area contributed by atoms with E-state index in [1.165, 1.54) is 11.8 Å². The van der Waals surface area contributed by atoms with Crippen molar-refractivity contribution >= 4 is 58.2 Å². The highest BCUT2D eigenvalue weighted by atomic mass is 16.2.